The molecule has 216 valence electrons. The van der Waals surface area contributed by atoms with Crippen LogP contribution in [0.3, 0.4) is 0 Å². The maximum atomic E-state index is 14.3. The Bertz CT molecular complexity index is 1230. The van der Waals surface area contributed by atoms with Crippen molar-refractivity contribution in [3.8, 4) is 0 Å². The number of carbonyl (C=O) groups is 3. The number of carbonyl (C=O) groups excluding carboxylic acids is 3. The van der Waals surface area contributed by atoms with Crippen LogP contribution in [-0.2, 0) is 16.0 Å². The predicted molar refractivity (Wildman–Crippen MR) is 158 cm³/mol. The van der Waals surface area contributed by atoms with E-state index in [0.29, 0.717) is 32.5 Å². The third kappa shape index (κ3) is 5.61. The summed E-state index contributed by atoms with van der Waals surface area (Å²) in [5.41, 5.74) is 3.74. The lowest BCUT2D eigenvalue weighted by molar-refractivity contribution is -0.138. The average molecular weight is 548 g/mol. The molecule has 1 aromatic carbocycles. The largest absolute Gasteiger partial charge is 0.361 e. The lowest BCUT2D eigenvalue weighted by atomic mass is 9.72. The molecular formula is C32H45N5O3. The number of urea groups is 1. The first-order chi connectivity index (χ1) is 19.5. The zero-order valence-corrected chi connectivity index (χ0v) is 24.1. The number of amides is 3. The van der Waals surface area contributed by atoms with Gasteiger partial charge in [-0.3, -0.25) is 19.8 Å². The molecule has 1 saturated carbocycles. The minimum atomic E-state index is -0.539. The molecule has 8 nitrogen and oxygen atoms in total. The number of Topliss-reactive ketones (excluding diaryl/α,β-unsaturated/α-hetero) is 1. The number of ketones is 1. The van der Waals surface area contributed by atoms with Gasteiger partial charge in [-0.25, -0.2) is 9.69 Å². The normalized spacial score (nSPS) is 23.8. The quantitative estimate of drug-likeness (QED) is 0.296. The van der Waals surface area contributed by atoms with Gasteiger partial charge in [0, 0.05) is 54.6 Å². The van der Waals surface area contributed by atoms with Crippen LogP contribution in [0.2, 0.25) is 0 Å². The van der Waals surface area contributed by atoms with Crippen LogP contribution < -0.4 is 10.6 Å². The lowest BCUT2D eigenvalue weighted by Gasteiger charge is -2.47. The van der Waals surface area contributed by atoms with Crippen LogP contribution in [0.4, 0.5) is 4.79 Å². The van der Waals surface area contributed by atoms with Crippen LogP contribution in [0, 0.1) is 11.8 Å². The highest BCUT2D eigenvalue weighted by atomic mass is 16.2. The van der Waals surface area contributed by atoms with Gasteiger partial charge in [0.05, 0.1) is 18.6 Å². The van der Waals surface area contributed by atoms with Crippen LogP contribution in [0.15, 0.2) is 37.1 Å². The third-order valence-corrected chi connectivity index (χ3v) is 9.34. The molecule has 8 heteroatoms. The molecule has 0 bridgehead atoms. The van der Waals surface area contributed by atoms with Crippen molar-refractivity contribution in [2.45, 2.75) is 83.3 Å². The van der Waals surface area contributed by atoms with Crippen LogP contribution in [0.5, 0.6) is 0 Å². The lowest BCUT2D eigenvalue weighted by Crippen LogP contribution is -2.60. The number of hydrogen-bond acceptors (Lipinski definition) is 5. The summed E-state index contributed by atoms with van der Waals surface area (Å²) in [5.74, 6) is -0.0507. The number of piperidine rings is 1. The Balaban J connectivity index is 1.39. The Morgan fingerprint density at radius 2 is 1.98 bits per heavy atom. The van der Waals surface area contributed by atoms with Crippen molar-refractivity contribution in [1.82, 2.24) is 25.4 Å². The minimum absolute atomic E-state index is 0.0856. The Morgan fingerprint density at radius 3 is 2.70 bits per heavy atom. The molecule has 2 aliphatic carbocycles. The minimum Gasteiger partial charge on any atom is -0.361 e. The topological polar surface area (TPSA) is 97.5 Å². The summed E-state index contributed by atoms with van der Waals surface area (Å²) < 4.78 is 0. The SMILES string of the molecule is C=CCN1C[C@H](C(=O)N(C(=O)NCC)C(CC)NCC(=O)C2CCCCC2)C[C@@H]2c3cccc4[nH]cc(c34)C[C@H]21. The van der Waals surface area contributed by atoms with Gasteiger partial charge in [-0.15, -0.1) is 6.58 Å². The number of hydrogen-bond donors (Lipinski definition) is 3. The number of H-pyrrole nitrogens is 1. The Labute approximate surface area is 237 Å². The Hall–Kier alpha value is -2.97. The van der Waals surface area contributed by atoms with Crippen molar-refractivity contribution in [2.75, 3.05) is 26.2 Å². The molecule has 1 unspecified atom stereocenters. The molecule has 2 fully saturated rings. The molecule has 0 spiro atoms. The van der Waals surface area contributed by atoms with Crippen molar-refractivity contribution in [2.24, 2.45) is 11.8 Å². The average Bonchev–Trinajstić information content (AvgIpc) is 3.39. The number of nitrogens with zero attached hydrogens (tertiary/aromatic N) is 2. The highest BCUT2D eigenvalue weighted by molar-refractivity contribution is 5.96. The Morgan fingerprint density at radius 1 is 1.18 bits per heavy atom. The number of aromatic amines is 1. The van der Waals surface area contributed by atoms with E-state index < -0.39 is 12.2 Å². The second-order valence-electron chi connectivity index (χ2n) is 11.8. The standard InChI is InChI=1S/C32H45N5O3/c1-4-15-36-20-23(16-25-24-13-10-14-26-30(24)22(18-34-26)17-27(25)36)31(39)37(32(40)33-6-3)29(5-2)35-19-28(38)21-11-8-7-9-12-21/h4,10,13-14,18,21,23,25,27,29,34-35H,1,5-9,11-12,15-17,19-20H2,2-3H3,(H,33,40)/t23-,25-,27-,29?/m1/s1. The van der Waals surface area contributed by atoms with Crippen LogP contribution in [0.1, 0.15) is 75.8 Å². The molecule has 2 heterocycles. The summed E-state index contributed by atoms with van der Waals surface area (Å²) in [5, 5.41) is 7.44. The predicted octanol–water partition coefficient (Wildman–Crippen LogP) is 4.72. The maximum Gasteiger partial charge on any atom is 0.325 e. The molecule has 3 aliphatic rings. The van der Waals surface area contributed by atoms with Gasteiger partial charge in [-0.2, -0.15) is 0 Å². The first kappa shape index (κ1) is 28.6. The summed E-state index contributed by atoms with van der Waals surface area (Å²) in [6.45, 7) is 9.68. The second-order valence-corrected chi connectivity index (χ2v) is 11.8. The van der Waals surface area contributed by atoms with Crippen molar-refractivity contribution in [3.05, 3.63) is 48.2 Å². The van der Waals surface area contributed by atoms with Crippen LogP contribution >= 0.6 is 0 Å². The molecule has 1 aromatic heterocycles. The molecule has 1 saturated heterocycles. The van der Waals surface area contributed by atoms with E-state index >= 15 is 0 Å². The van der Waals surface area contributed by atoms with E-state index in [1.807, 2.05) is 19.9 Å². The summed E-state index contributed by atoms with van der Waals surface area (Å²) in [4.78, 5) is 47.8. The van der Waals surface area contributed by atoms with Crippen molar-refractivity contribution < 1.29 is 14.4 Å². The van der Waals surface area contributed by atoms with Gasteiger partial charge in [-0.05, 0) is 56.2 Å². The summed E-state index contributed by atoms with van der Waals surface area (Å²) >= 11 is 0. The summed E-state index contributed by atoms with van der Waals surface area (Å²) in [7, 11) is 0. The van der Waals surface area contributed by atoms with E-state index in [9.17, 15) is 14.4 Å². The van der Waals surface area contributed by atoms with Crippen molar-refractivity contribution in [1.29, 1.82) is 0 Å². The van der Waals surface area contributed by atoms with E-state index in [2.05, 4.69) is 51.5 Å². The van der Waals surface area contributed by atoms with E-state index in [4.69, 9.17) is 0 Å². The van der Waals surface area contributed by atoms with Gasteiger partial charge < -0.3 is 10.3 Å². The van der Waals surface area contributed by atoms with E-state index in [0.717, 1.165) is 37.6 Å². The fourth-order valence-corrected chi connectivity index (χ4v) is 7.39. The van der Waals surface area contributed by atoms with Crippen LogP contribution in [-0.4, -0.2) is 70.9 Å². The van der Waals surface area contributed by atoms with Gasteiger partial charge in [0.2, 0.25) is 5.91 Å². The fraction of sp³-hybridized carbons (Fsp3) is 0.594. The van der Waals surface area contributed by atoms with E-state index in [1.54, 1.807) is 0 Å². The zero-order valence-electron chi connectivity index (χ0n) is 24.1. The monoisotopic (exact) mass is 547 g/mol. The van der Waals surface area contributed by atoms with Crippen molar-refractivity contribution in [3.63, 3.8) is 0 Å². The molecule has 5 rings (SSSR count). The summed E-state index contributed by atoms with van der Waals surface area (Å²) in [6.07, 6.45) is 10.9. The molecular weight excluding hydrogens is 502 g/mol. The first-order valence-corrected chi connectivity index (χ1v) is 15.3. The van der Waals surface area contributed by atoms with Gasteiger partial charge in [0.1, 0.15) is 5.78 Å². The first-order valence-electron chi connectivity index (χ1n) is 15.3. The van der Waals surface area contributed by atoms with Gasteiger partial charge in [-0.1, -0.05) is 44.4 Å². The maximum absolute atomic E-state index is 14.3. The zero-order chi connectivity index (χ0) is 28.2. The highest BCUT2D eigenvalue weighted by Gasteiger charge is 2.45. The van der Waals surface area contributed by atoms with Crippen LogP contribution in [0.25, 0.3) is 10.9 Å². The number of likely N-dealkylation sites (tertiary alicyclic amines) is 1. The molecule has 3 amide bonds. The number of rotatable bonds is 10. The molecule has 0 radical (unpaired) electrons. The van der Waals surface area contributed by atoms with E-state index in [1.165, 1.54) is 27.8 Å². The van der Waals surface area contributed by atoms with Gasteiger partial charge >= 0.3 is 6.03 Å². The molecule has 2 aromatic rings. The fourth-order valence-electron chi connectivity index (χ4n) is 7.39. The van der Waals surface area contributed by atoms with Crippen molar-refractivity contribution >= 4 is 28.6 Å². The van der Waals surface area contributed by atoms with E-state index in [-0.39, 0.29) is 42.0 Å². The number of imide groups is 1. The van der Waals surface area contributed by atoms with Gasteiger partial charge in [0.15, 0.2) is 0 Å². The highest BCUT2D eigenvalue weighted by Crippen LogP contribution is 2.45. The number of nitrogens with one attached hydrogen (secondary N) is 3. The summed E-state index contributed by atoms with van der Waals surface area (Å²) in [6, 6.07) is 6.28. The number of aromatic nitrogens is 1. The Kier molecular flexibility index (Phi) is 9.06. The molecule has 4 atom stereocenters. The molecule has 3 N–H and O–H groups in total. The second kappa shape index (κ2) is 12.7. The van der Waals surface area contributed by atoms with Gasteiger partial charge in [0.25, 0.3) is 0 Å². The molecule has 40 heavy (non-hydrogen) atoms. The third-order valence-electron chi connectivity index (χ3n) is 9.34. The molecule has 1 aliphatic heterocycles. The smallest absolute Gasteiger partial charge is 0.325 e. The number of fused-ring (bicyclic) bond motifs is 2. The number of benzene rings is 1.